The van der Waals surface area contributed by atoms with E-state index in [2.05, 4.69) is 0 Å². The molecule has 0 radical (unpaired) electrons. The number of amides is 1. The van der Waals surface area contributed by atoms with Gasteiger partial charge in [-0.3, -0.25) is 9.59 Å². The van der Waals surface area contributed by atoms with Crippen molar-refractivity contribution in [3.05, 3.63) is 23.8 Å². The Morgan fingerprint density at radius 2 is 2.20 bits per heavy atom. The zero-order chi connectivity index (χ0) is 14.5. The third kappa shape index (κ3) is 3.50. The molecule has 1 aromatic rings. The first-order valence-electron chi connectivity index (χ1n) is 6.45. The van der Waals surface area contributed by atoms with Crippen LogP contribution in [0.5, 0.6) is 0 Å². The molecule has 108 valence electrons. The average molecular weight is 297 g/mol. The molecule has 0 bridgehead atoms. The largest absolute Gasteiger partial charge is 0.481 e. The van der Waals surface area contributed by atoms with E-state index in [9.17, 15) is 14.0 Å². The number of carbonyl (C=O) groups excluding carboxylic acids is 1. The fourth-order valence-corrected chi connectivity index (χ4v) is 3.11. The van der Waals surface area contributed by atoms with Gasteiger partial charge in [0.05, 0.1) is 13.0 Å². The number of aliphatic carboxylic acids is 1. The van der Waals surface area contributed by atoms with E-state index in [0.29, 0.717) is 18.6 Å². The summed E-state index contributed by atoms with van der Waals surface area (Å²) in [5.74, 6) is -0.335. The fraction of sp³-hybridized carbons (Fsp3) is 0.429. The molecule has 0 aliphatic carbocycles. The second-order valence-corrected chi connectivity index (χ2v) is 5.69. The van der Waals surface area contributed by atoms with Crippen molar-refractivity contribution in [2.24, 2.45) is 0 Å². The molecule has 20 heavy (non-hydrogen) atoms. The van der Waals surface area contributed by atoms with Crippen molar-refractivity contribution in [2.45, 2.75) is 24.2 Å². The number of carboxylic acids is 1. The summed E-state index contributed by atoms with van der Waals surface area (Å²) >= 11 is 1.48. The fourth-order valence-electron chi connectivity index (χ4n) is 2.21. The minimum absolute atomic E-state index is 0.0403. The van der Waals surface area contributed by atoms with Crippen molar-refractivity contribution in [3.63, 3.8) is 0 Å². The van der Waals surface area contributed by atoms with Gasteiger partial charge in [-0.05, 0) is 30.2 Å². The Hall–Kier alpha value is -1.56. The van der Waals surface area contributed by atoms with Crippen LogP contribution in [0.3, 0.4) is 0 Å². The number of carbonyl (C=O) groups is 2. The van der Waals surface area contributed by atoms with E-state index in [1.165, 1.54) is 16.7 Å². The Morgan fingerprint density at radius 1 is 1.40 bits per heavy atom. The zero-order valence-corrected chi connectivity index (χ0v) is 11.8. The lowest BCUT2D eigenvalue weighted by molar-refractivity contribution is -0.136. The maximum atomic E-state index is 12.5. The molecular weight excluding hydrogens is 281 g/mol. The van der Waals surface area contributed by atoms with Crippen molar-refractivity contribution in [1.82, 2.24) is 0 Å². The quantitative estimate of drug-likeness (QED) is 0.820. The van der Waals surface area contributed by atoms with Crippen LogP contribution in [-0.4, -0.2) is 36.0 Å². The van der Waals surface area contributed by atoms with Crippen LogP contribution >= 0.6 is 11.8 Å². The summed E-state index contributed by atoms with van der Waals surface area (Å²) in [4.78, 5) is 24.7. The molecule has 0 atom stereocenters. The Bertz CT molecular complexity index is 521. The molecule has 1 aromatic carbocycles. The first-order valence-corrected chi connectivity index (χ1v) is 7.44. The summed E-state index contributed by atoms with van der Waals surface area (Å²) in [5.41, 5.74) is 1.81. The molecule has 4 nitrogen and oxygen atoms in total. The number of thioether (sulfide) groups is 1. The zero-order valence-electron chi connectivity index (χ0n) is 11.0. The van der Waals surface area contributed by atoms with Crippen LogP contribution < -0.4 is 4.90 Å². The minimum Gasteiger partial charge on any atom is -0.481 e. The van der Waals surface area contributed by atoms with Gasteiger partial charge in [-0.15, -0.1) is 11.8 Å². The monoisotopic (exact) mass is 297 g/mol. The molecule has 0 fully saturated rings. The van der Waals surface area contributed by atoms with Gasteiger partial charge < -0.3 is 10.0 Å². The van der Waals surface area contributed by atoms with Crippen molar-refractivity contribution >= 4 is 29.3 Å². The smallest absolute Gasteiger partial charge is 0.304 e. The number of nitrogens with zero attached hydrogens (tertiary/aromatic N) is 1. The topological polar surface area (TPSA) is 57.6 Å². The van der Waals surface area contributed by atoms with Gasteiger partial charge in [0.25, 0.3) is 0 Å². The van der Waals surface area contributed by atoms with Gasteiger partial charge in [0.15, 0.2) is 0 Å². The van der Waals surface area contributed by atoms with Gasteiger partial charge >= 0.3 is 5.97 Å². The van der Waals surface area contributed by atoms with E-state index in [0.717, 1.165) is 16.1 Å². The lowest BCUT2D eigenvalue weighted by Crippen LogP contribution is -2.36. The number of fused-ring (bicyclic) bond motifs is 1. The molecule has 0 saturated carbocycles. The maximum absolute atomic E-state index is 12.5. The molecule has 1 aliphatic heterocycles. The van der Waals surface area contributed by atoms with E-state index >= 15 is 0 Å². The van der Waals surface area contributed by atoms with Crippen molar-refractivity contribution < 1.29 is 19.1 Å². The number of anilines is 1. The van der Waals surface area contributed by atoms with E-state index < -0.39 is 12.6 Å². The Balaban J connectivity index is 2.11. The molecular formula is C14H16FNO3S. The number of benzene rings is 1. The SMILES string of the molecule is O=C(O)CCSc1ccc2c(c1)CCC(=O)N2CCF. The van der Waals surface area contributed by atoms with Crippen LogP contribution in [0.1, 0.15) is 18.4 Å². The second-order valence-electron chi connectivity index (χ2n) is 4.52. The van der Waals surface area contributed by atoms with Crippen LogP contribution in [0.4, 0.5) is 10.1 Å². The number of aryl methyl sites for hydroxylation is 1. The van der Waals surface area contributed by atoms with Gasteiger partial charge in [-0.1, -0.05) is 0 Å². The molecule has 6 heteroatoms. The molecule has 1 amide bonds. The second kappa shape index (κ2) is 6.74. The first kappa shape index (κ1) is 14.8. The Morgan fingerprint density at radius 3 is 2.90 bits per heavy atom. The summed E-state index contributed by atoms with van der Waals surface area (Å²) in [6, 6.07) is 5.65. The number of hydrogen-bond donors (Lipinski definition) is 1. The molecule has 0 spiro atoms. The van der Waals surface area contributed by atoms with Crippen molar-refractivity contribution in [2.75, 3.05) is 23.9 Å². The molecule has 1 aliphatic rings. The maximum Gasteiger partial charge on any atom is 0.304 e. The molecule has 0 saturated heterocycles. The Kier molecular flexibility index (Phi) is 5.00. The highest BCUT2D eigenvalue weighted by Gasteiger charge is 2.23. The highest BCUT2D eigenvalue weighted by molar-refractivity contribution is 7.99. The lowest BCUT2D eigenvalue weighted by Gasteiger charge is -2.29. The summed E-state index contributed by atoms with van der Waals surface area (Å²) in [6.45, 7) is -0.461. The van der Waals surface area contributed by atoms with Gasteiger partial charge in [0.2, 0.25) is 5.91 Å². The first-order chi connectivity index (χ1) is 9.61. The van der Waals surface area contributed by atoms with E-state index in [4.69, 9.17) is 5.11 Å². The number of carboxylic acid groups (broad SMARTS) is 1. The highest BCUT2D eigenvalue weighted by atomic mass is 32.2. The van der Waals surface area contributed by atoms with E-state index in [1.807, 2.05) is 18.2 Å². The predicted molar refractivity (Wildman–Crippen MR) is 76.1 cm³/mol. The Labute approximate surface area is 121 Å². The van der Waals surface area contributed by atoms with Crippen LogP contribution in [0.25, 0.3) is 0 Å². The van der Waals surface area contributed by atoms with E-state index in [1.54, 1.807) is 0 Å². The highest BCUT2D eigenvalue weighted by Crippen LogP contribution is 2.31. The summed E-state index contributed by atoms with van der Waals surface area (Å²) in [6.07, 6.45) is 1.18. The summed E-state index contributed by atoms with van der Waals surface area (Å²) in [7, 11) is 0. The van der Waals surface area contributed by atoms with E-state index in [-0.39, 0.29) is 18.9 Å². The van der Waals surface area contributed by atoms with Crippen LogP contribution in [-0.2, 0) is 16.0 Å². The summed E-state index contributed by atoms with van der Waals surface area (Å²) in [5, 5.41) is 8.61. The molecule has 0 aromatic heterocycles. The van der Waals surface area contributed by atoms with Gasteiger partial charge in [-0.25, -0.2) is 4.39 Å². The van der Waals surface area contributed by atoms with Crippen molar-refractivity contribution in [1.29, 1.82) is 0 Å². The predicted octanol–water partition coefficient (Wildman–Crippen LogP) is 2.50. The average Bonchev–Trinajstić information content (AvgIpc) is 2.42. The summed E-state index contributed by atoms with van der Waals surface area (Å²) < 4.78 is 12.5. The third-order valence-electron chi connectivity index (χ3n) is 3.14. The minimum atomic E-state index is -0.810. The molecule has 1 N–H and O–H groups in total. The molecule has 2 rings (SSSR count). The number of hydrogen-bond acceptors (Lipinski definition) is 3. The normalized spacial score (nSPS) is 14.2. The van der Waals surface area contributed by atoms with Gasteiger partial charge in [-0.2, -0.15) is 0 Å². The van der Waals surface area contributed by atoms with Crippen molar-refractivity contribution in [3.8, 4) is 0 Å². The number of rotatable bonds is 6. The van der Waals surface area contributed by atoms with Gasteiger partial charge in [0.1, 0.15) is 6.67 Å². The third-order valence-corrected chi connectivity index (χ3v) is 4.14. The standard InChI is InChI=1S/C14H16FNO3S/c15-6-7-16-12-3-2-11(20-8-5-14(18)19)9-10(12)1-4-13(16)17/h2-3,9H,1,4-8H2,(H,18,19). The van der Waals surface area contributed by atoms with Crippen LogP contribution in [0.2, 0.25) is 0 Å². The van der Waals surface area contributed by atoms with Crippen LogP contribution in [0.15, 0.2) is 23.1 Å². The van der Waals surface area contributed by atoms with Gasteiger partial charge in [0, 0.05) is 22.8 Å². The molecule has 1 heterocycles. The number of alkyl halides is 1. The van der Waals surface area contributed by atoms with Crippen LogP contribution in [0, 0.1) is 0 Å². The number of halogens is 1. The molecule has 0 unspecified atom stereocenters. The lowest BCUT2D eigenvalue weighted by atomic mass is 10.0.